The van der Waals surface area contributed by atoms with Crippen molar-refractivity contribution in [3.63, 3.8) is 0 Å². The zero-order chi connectivity index (χ0) is 23.0. The third-order valence-electron chi connectivity index (χ3n) is 5.85. The number of rotatable bonds is 11. The normalized spacial score (nSPS) is 17.4. The number of allylic oxidation sites excluding steroid dienone is 1. The van der Waals surface area contributed by atoms with Crippen molar-refractivity contribution in [3.05, 3.63) is 40.1 Å². The zero-order valence-corrected chi connectivity index (χ0v) is 19.4. The van der Waals surface area contributed by atoms with Gasteiger partial charge in [0.25, 0.3) is 0 Å². The first-order valence-corrected chi connectivity index (χ1v) is 11.5. The largest absolute Gasteiger partial charge is 0.480 e. The van der Waals surface area contributed by atoms with E-state index in [1.54, 1.807) is 12.1 Å². The van der Waals surface area contributed by atoms with Crippen LogP contribution in [0.15, 0.2) is 30.1 Å². The molecule has 1 heterocycles. The highest BCUT2D eigenvalue weighted by molar-refractivity contribution is 6.42. The van der Waals surface area contributed by atoms with E-state index in [9.17, 15) is 9.90 Å². The average Bonchev–Trinajstić information content (AvgIpc) is 2.73. The number of anilines is 1. The smallest absolute Gasteiger partial charge is 0.451 e. The van der Waals surface area contributed by atoms with E-state index in [4.69, 9.17) is 39.0 Å². The molecule has 10 heteroatoms. The van der Waals surface area contributed by atoms with Crippen LogP contribution in [0.1, 0.15) is 45.4 Å². The van der Waals surface area contributed by atoms with Crippen LogP contribution in [0.5, 0.6) is 0 Å². The maximum Gasteiger partial charge on any atom is 0.451 e. The summed E-state index contributed by atoms with van der Waals surface area (Å²) in [5.41, 5.74) is 5.89. The summed E-state index contributed by atoms with van der Waals surface area (Å²) >= 11 is 12.1. The Bertz CT molecular complexity index is 773. The van der Waals surface area contributed by atoms with Crippen LogP contribution in [0.25, 0.3) is 0 Å². The van der Waals surface area contributed by atoms with Crippen molar-refractivity contribution in [1.29, 1.82) is 0 Å². The highest BCUT2D eigenvalue weighted by atomic mass is 35.5. The topological polar surface area (TPSA) is 119 Å². The van der Waals surface area contributed by atoms with E-state index in [1.807, 2.05) is 6.07 Å². The molecule has 7 nitrogen and oxygen atoms in total. The maximum absolute atomic E-state index is 12.0. The van der Waals surface area contributed by atoms with Gasteiger partial charge in [0.2, 0.25) is 0 Å². The van der Waals surface area contributed by atoms with Gasteiger partial charge in [-0.05, 0) is 62.2 Å². The summed E-state index contributed by atoms with van der Waals surface area (Å²) in [4.78, 5) is 14.2. The molecule has 0 bridgehead atoms. The number of carboxylic acid groups (broad SMARTS) is 1. The number of carboxylic acids is 1. The van der Waals surface area contributed by atoms with Crippen LogP contribution in [0.3, 0.4) is 0 Å². The van der Waals surface area contributed by atoms with E-state index >= 15 is 0 Å². The number of carbonyl (C=O) groups is 1. The second-order valence-electron chi connectivity index (χ2n) is 8.08. The molecule has 2 rings (SSSR count). The van der Waals surface area contributed by atoms with Gasteiger partial charge < -0.3 is 31.1 Å². The molecule has 1 atom stereocenters. The molecule has 0 saturated carbocycles. The number of nitrogens with one attached hydrogen (secondary N) is 1. The molecule has 0 radical (unpaired) electrons. The van der Waals surface area contributed by atoms with Gasteiger partial charge in [-0.3, -0.25) is 4.79 Å². The summed E-state index contributed by atoms with van der Waals surface area (Å²) in [5.74, 6) is -0.184. The summed E-state index contributed by atoms with van der Waals surface area (Å²) in [5, 5.41) is 32.1. The third kappa shape index (κ3) is 7.29. The predicted molar refractivity (Wildman–Crippen MR) is 126 cm³/mol. The lowest BCUT2D eigenvalue weighted by molar-refractivity contribution is -0.146. The molecule has 0 aromatic heterocycles. The summed E-state index contributed by atoms with van der Waals surface area (Å²) in [6.07, 6.45) is 5.87. The van der Waals surface area contributed by atoms with E-state index in [0.717, 1.165) is 17.9 Å². The lowest BCUT2D eigenvalue weighted by atomic mass is 9.74. The second-order valence-corrected chi connectivity index (χ2v) is 8.90. The Hall–Kier alpha value is -1.45. The predicted octanol–water partition coefficient (Wildman–Crippen LogP) is 3.79. The quantitative estimate of drug-likeness (QED) is 0.246. The summed E-state index contributed by atoms with van der Waals surface area (Å²) in [6.45, 7) is 3.43. The van der Waals surface area contributed by atoms with E-state index in [2.05, 4.69) is 23.2 Å². The Morgan fingerprint density at radius 3 is 2.52 bits per heavy atom. The maximum atomic E-state index is 12.0. The Morgan fingerprint density at radius 1 is 1.29 bits per heavy atom. The minimum absolute atomic E-state index is 0.145. The molecule has 172 valence electrons. The number of halogens is 2. The first kappa shape index (κ1) is 25.8. The van der Waals surface area contributed by atoms with Crippen molar-refractivity contribution in [1.82, 2.24) is 4.90 Å². The fourth-order valence-corrected chi connectivity index (χ4v) is 4.34. The molecule has 1 aliphatic rings. The average molecular weight is 472 g/mol. The first-order chi connectivity index (χ1) is 14.7. The van der Waals surface area contributed by atoms with Crippen LogP contribution in [0.2, 0.25) is 16.4 Å². The van der Waals surface area contributed by atoms with Gasteiger partial charge in [-0.2, -0.15) is 0 Å². The van der Waals surface area contributed by atoms with E-state index in [1.165, 1.54) is 0 Å². The van der Waals surface area contributed by atoms with Crippen LogP contribution in [-0.4, -0.2) is 51.8 Å². The van der Waals surface area contributed by atoms with Crippen LogP contribution >= 0.6 is 23.2 Å². The van der Waals surface area contributed by atoms with Crippen molar-refractivity contribution < 1.29 is 19.9 Å². The number of hydrogen-bond acceptors (Lipinski definition) is 6. The molecular weight excluding hydrogens is 440 g/mol. The number of likely N-dealkylation sites (tertiary alicyclic amines) is 1. The summed E-state index contributed by atoms with van der Waals surface area (Å²) < 4.78 is 0. The van der Waals surface area contributed by atoms with Gasteiger partial charge in [-0.1, -0.05) is 43.0 Å². The van der Waals surface area contributed by atoms with Gasteiger partial charge in [0.05, 0.1) is 10.0 Å². The Morgan fingerprint density at radius 2 is 1.97 bits per heavy atom. The highest BCUT2D eigenvalue weighted by Crippen LogP contribution is 2.33. The van der Waals surface area contributed by atoms with Gasteiger partial charge in [-0.15, -0.1) is 0 Å². The standard InChI is InChI=1S/C21H32BCl2N3O4/c1-2-5-19(26-16-6-7-17(23)18(24)14-16)27-12-8-15(9-13-27)21(25,20(28)29)10-3-4-11-22(30)31/h5-7,14-15,26,30-31H,2-4,8-13,25H2,1H3,(H,28,29)/b19-5-. The molecule has 1 aromatic rings. The minimum atomic E-state index is -1.37. The van der Waals surface area contributed by atoms with Crippen LogP contribution < -0.4 is 11.1 Å². The Labute approximate surface area is 194 Å². The lowest BCUT2D eigenvalue weighted by Gasteiger charge is -2.41. The zero-order valence-electron chi connectivity index (χ0n) is 17.9. The Balaban J connectivity index is 2.00. The SMILES string of the molecule is CC/C=C(/Nc1ccc(Cl)c(Cl)c1)N1CCC(C(N)(CCCCB(O)O)C(=O)O)CC1. The van der Waals surface area contributed by atoms with Crippen LogP contribution in [0.4, 0.5) is 5.69 Å². The fourth-order valence-electron chi connectivity index (χ4n) is 4.04. The molecule has 31 heavy (non-hydrogen) atoms. The number of nitrogens with zero attached hydrogens (tertiary/aromatic N) is 1. The highest BCUT2D eigenvalue weighted by Gasteiger charge is 2.43. The first-order valence-electron chi connectivity index (χ1n) is 10.7. The monoisotopic (exact) mass is 471 g/mol. The van der Waals surface area contributed by atoms with Crippen molar-refractivity contribution >= 4 is 42.0 Å². The molecule has 0 aliphatic carbocycles. The molecule has 1 saturated heterocycles. The van der Waals surface area contributed by atoms with Crippen molar-refractivity contribution in [3.8, 4) is 0 Å². The number of aliphatic carboxylic acids is 1. The van der Waals surface area contributed by atoms with Crippen LogP contribution in [0, 0.1) is 5.92 Å². The number of unbranched alkanes of at least 4 members (excludes halogenated alkanes) is 1. The molecule has 1 unspecified atom stereocenters. The molecule has 1 aromatic carbocycles. The number of benzene rings is 1. The van der Waals surface area contributed by atoms with Crippen molar-refractivity contribution in [2.45, 2.75) is 57.3 Å². The summed E-state index contributed by atoms with van der Waals surface area (Å²) in [6, 6.07) is 5.38. The van der Waals surface area contributed by atoms with E-state index < -0.39 is 18.6 Å². The molecule has 1 aliphatic heterocycles. The molecule has 1 fully saturated rings. The van der Waals surface area contributed by atoms with Gasteiger partial charge in [-0.25, -0.2) is 0 Å². The molecular formula is C21H32BCl2N3O4. The molecule has 6 N–H and O–H groups in total. The minimum Gasteiger partial charge on any atom is -0.480 e. The number of hydrogen-bond donors (Lipinski definition) is 5. The number of piperidine rings is 1. The van der Waals surface area contributed by atoms with E-state index in [0.29, 0.717) is 55.2 Å². The van der Waals surface area contributed by atoms with Crippen molar-refractivity contribution in [2.75, 3.05) is 18.4 Å². The van der Waals surface area contributed by atoms with Crippen LogP contribution in [-0.2, 0) is 4.79 Å². The van der Waals surface area contributed by atoms with Crippen molar-refractivity contribution in [2.24, 2.45) is 11.7 Å². The van der Waals surface area contributed by atoms with Gasteiger partial charge in [0.1, 0.15) is 11.4 Å². The number of nitrogens with two attached hydrogens (primary N) is 1. The fraction of sp³-hybridized carbons (Fsp3) is 0.571. The Kier molecular flexibility index (Phi) is 9.97. The van der Waals surface area contributed by atoms with Gasteiger partial charge in [0, 0.05) is 18.8 Å². The third-order valence-corrected chi connectivity index (χ3v) is 6.59. The van der Waals surface area contributed by atoms with Gasteiger partial charge >= 0.3 is 13.1 Å². The molecule has 0 amide bonds. The van der Waals surface area contributed by atoms with Gasteiger partial charge in [0.15, 0.2) is 0 Å². The van der Waals surface area contributed by atoms with E-state index in [-0.39, 0.29) is 12.2 Å². The lowest BCUT2D eigenvalue weighted by Crippen LogP contribution is -2.57. The molecule has 0 spiro atoms. The second kappa shape index (κ2) is 12.0. The summed E-state index contributed by atoms with van der Waals surface area (Å²) in [7, 11) is -1.37.